The van der Waals surface area contributed by atoms with Crippen LogP contribution in [0.4, 0.5) is 4.79 Å². The number of piperidine rings is 1. The van der Waals surface area contributed by atoms with E-state index in [1.807, 2.05) is 58.0 Å². The first kappa shape index (κ1) is 23.1. The third-order valence-corrected chi connectivity index (χ3v) is 6.67. The predicted octanol–water partition coefficient (Wildman–Crippen LogP) is 4.75. The number of methoxy groups -OCH3 is 1. The topological polar surface area (TPSA) is 84.6 Å². The number of esters is 1. The Morgan fingerprint density at radius 1 is 1.27 bits per heavy atom. The standard InChI is InChI=1S/C26H31N3O4/c1-6-16-15-28-18(14-27)13-20-19-9-7-8-10-21(19)29(25(31)33-26(2,3)4)24(20)22(28)11-17(16)12-23(30)32-5/h6-10,17-18,22H,11-13,15H2,1-5H3/b16-6+/t17-,18+,22+/m1/s1. The van der Waals surface area contributed by atoms with Crippen molar-refractivity contribution in [3.63, 3.8) is 0 Å². The van der Waals surface area contributed by atoms with Crippen molar-refractivity contribution in [3.05, 3.63) is 47.2 Å². The van der Waals surface area contributed by atoms with E-state index in [0.29, 0.717) is 19.4 Å². The minimum absolute atomic E-state index is 0.0147. The van der Waals surface area contributed by atoms with Crippen LogP contribution in [-0.4, -0.2) is 46.8 Å². The Morgan fingerprint density at radius 3 is 2.64 bits per heavy atom. The number of nitrogens with zero attached hydrogens (tertiary/aromatic N) is 3. The van der Waals surface area contributed by atoms with Crippen molar-refractivity contribution in [2.75, 3.05) is 13.7 Å². The number of hydrogen-bond donors (Lipinski definition) is 0. The summed E-state index contributed by atoms with van der Waals surface area (Å²) in [5.41, 5.74) is 3.17. The van der Waals surface area contributed by atoms with Gasteiger partial charge in [0.1, 0.15) is 11.6 Å². The lowest BCUT2D eigenvalue weighted by Gasteiger charge is -2.46. The lowest BCUT2D eigenvalue weighted by molar-refractivity contribution is -0.141. The fourth-order valence-corrected chi connectivity index (χ4v) is 5.25. The molecular weight excluding hydrogens is 418 g/mol. The van der Waals surface area contributed by atoms with Crippen LogP contribution < -0.4 is 0 Å². The van der Waals surface area contributed by atoms with Crippen LogP contribution in [0.2, 0.25) is 0 Å². The molecule has 3 heterocycles. The fraction of sp³-hybridized carbons (Fsp3) is 0.500. The number of nitriles is 1. The number of rotatable bonds is 2. The van der Waals surface area contributed by atoms with Crippen LogP contribution in [0, 0.1) is 17.2 Å². The summed E-state index contributed by atoms with van der Waals surface area (Å²) in [4.78, 5) is 27.7. The van der Waals surface area contributed by atoms with Crippen LogP contribution in [0.1, 0.15) is 57.8 Å². The molecule has 0 radical (unpaired) electrons. The molecule has 4 rings (SSSR count). The van der Waals surface area contributed by atoms with E-state index in [4.69, 9.17) is 9.47 Å². The van der Waals surface area contributed by atoms with Crippen LogP contribution in [0.25, 0.3) is 10.9 Å². The van der Waals surface area contributed by atoms with E-state index in [0.717, 1.165) is 27.7 Å². The zero-order valence-electron chi connectivity index (χ0n) is 19.9. The lowest BCUT2D eigenvalue weighted by atomic mass is 9.78. The van der Waals surface area contributed by atoms with Crippen molar-refractivity contribution in [1.29, 1.82) is 5.26 Å². The summed E-state index contributed by atoms with van der Waals surface area (Å²) in [7, 11) is 1.40. The van der Waals surface area contributed by atoms with Gasteiger partial charge < -0.3 is 9.47 Å². The summed E-state index contributed by atoms with van der Waals surface area (Å²) in [5, 5.41) is 11.0. The smallest absolute Gasteiger partial charge is 0.419 e. The molecule has 0 aliphatic carbocycles. The first-order chi connectivity index (χ1) is 15.7. The molecule has 2 aromatic rings. The number of aromatic nitrogens is 1. The highest BCUT2D eigenvalue weighted by atomic mass is 16.6. The first-order valence-electron chi connectivity index (χ1n) is 11.4. The number of ether oxygens (including phenoxy) is 2. The Hall–Kier alpha value is -3.11. The van der Waals surface area contributed by atoms with E-state index >= 15 is 0 Å². The molecule has 1 aromatic heterocycles. The third-order valence-electron chi connectivity index (χ3n) is 6.67. The fourth-order valence-electron chi connectivity index (χ4n) is 5.25. The maximum absolute atomic E-state index is 13.4. The Kier molecular flexibility index (Phi) is 6.06. The number of allylic oxidation sites excluding steroid dienone is 1. The van der Waals surface area contributed by atoms with Gasteiger partial charge >= 0.3 is 12.1 Å². The Balaban J connectivity index is 1.89. The molecule has 0 amide bonds. The second-order valence-electron chi connectivity index (χ2n) is 9.81. The van der Waals surface area contributed by atoms with Crippen molar-refractivity contribution < 1.29 is 19.1 Å². The number of benzene rings is 1. The van der Waals surface area contributed by atoms with E-state index in [-0.39, 0.29) is 30.4 Å². The van der Waals surface area contributed by atoms with E-state index in [2.05, 4.69) is 11.0 Å². The summed E-state index contributed by atoms with van der Waals surface area (Å²) >= 11 is 0. The summed E-state index contributed by atoms with van der Waals surface area (Å²) < 4.78 is 12.4. The van der Waals surface area contributed by atoms with Crippen molar-refractivity contribution in [3.8, 4) is 6.07 Å². The van der Waals surface area contributed by atoms with E-state index in [9.17, 15) is 14.9 Å². The third kappa shape index (κ3) is 4.16. The number of carbonyl (C=O) groups excluding carboxylic acids is 2. The van der Waals surface area contributed by atoms with Gasteiger partial charge in [-0.05, 0) is 51.7 Å². The quantitative estimate of drug-likeness (QED) is 0.486. The molecule has 0 spiro atoms. The van der Waals surface area contributed by atoms with Crippen molar-refractivity contribution in [2.24, 2.45) is 5.92 Å². The van der Waals surface area contributed by atoms with Crippen LogP contribution in [-0.2, 0) is 20.7 Å². The van der Waals surface area contributed by atoms with Gasteiger partial charge in [0.15, 0.2) is 0 Å². The molecular formula is C26H31N3O4. The van der Waals surface area contributed by atoms with Gasteiger partial charge in [0.05, 0.1) is 36.9 Å². The minimum Gasteiger partial charge on any atom is -0.469 e. The van der Waals surface area contributed by atoms with Gasteiger partial charge in [-0.1, -0.05) is 29.8 Å². The summed E-state index contributed by atoms with van der Waals surface area (Å²) in [6.07, 6.45) is 3.06. The first-order valence-corrected chi connectivity index (χ1v) is 11.4. The van der Waals surface area contributed by atoms with Gasteiger partial charge in [0, 0.05) is 18.4 Å². The van der Waals surface area contributed by atoms with Gasteiger partial charge in [-0.15, -0.1) is 0 Å². The molecule has 0 saturated carbocycles. The second-order valence-corrected chi connectivity index (χ2v) is 9.81. The molecule has 1 aromatic carbocycles. The highest BCUT2D eigenvalue weighted by Crippen LogP contribution is 2.47. The Morgan fingerprint density at radius 2 is 2.00 bits per heavy atom. The number of para-hydroxylation sites is 1. The molecule has 1 saturated heterocycles. The van der Waals surface area contributed by atoms with Crippen molar-refractivity contribution >= 4 is 23.0 Å². The zero-order valence-corrected chi connectivity index (χ0v) is 19.9. The highest BCUT2D eigenvalue weighted by Gasteiger charge is 2.45. The molecule has 2 aliphatic rings. The van der Waals surface area contributed by atoms with Crippen LogP contribution >= 0.6 is 0 Å². The van der Waals surface area contributed by atoms with E-state index in [1.165, 1.54) is 7.11 Å². The van der Waals surface area contributed by atoms with Crippen molar-refractivity contribution in [2.45, 2.75) is 64.6 Å². The number of hydrogen-bond acceptors (Lipinski definition) is 6. The maximum Gasteiger partial charge on any atom is 0.419 e. The molecule has 2 aliphatic heterocycles. The normalized spacial score (nSPS) is 24.1. The van der Waals surface area contributed by atoms with E-state index < -0.39 is 11.7 Å². The summed E-state index contributed by atoms with van der Waals surface area (Å²) in [6.45, 7) is 8.11. The average molecular weight is 450 g/mol. The van der Waals surface area contributed by atoms with Gasteiger partial charge in [-0.25, -0.2) is 9.36 Å². The van der Waals surface area contributed by atoms with E-state index in [1.54, 1.807) is 4.57 Å². The molecule has 7 nitrogen and oxygen atoms in total. The molecule has 174 valence electrons. The lowest BCUT2D eigenvalue weighted by Crippen LogP contribution is -2.49. The maximum atomic E-state index is 13.4. The molecule has 0 unspecified atom stereocenters. The molecule has 33 heavy (non-hydrogen) atoms. The summed E-state index contributed by atoms with van der Waals surface area (Å²) in [5.74, 6) is -0.271. The zero-order chi connectivity index (χ0) is 23.9. The summed E-state index contributed by atoms with van der Waals surface area (Å²) in [6, 6.07) is 9.78. The average Bonchev–Trinajstić information content (AvgIpc) is 3.11. The van der Waals surface area contributed by atoms with Crippen LogP contribution in [0.15, 0.2) is 35.9 Å². The molecule has 7 heteroatoms. The molecule has 1 fully saturated rings. The molecule has 3 atom stereocenters. The van der Waals surface area contributed by atoms with Crippen LogP contribution in [0.5, 0.6) is 0 Å². The SMILES string of the molecule is C/C=C1\CN2[C@H](C#N)Cc3c(n(C(=O)OC(C)(C)C)c4ccccc34)[C@@H]2C[C@@H]1CC(=O)OC. The number of fused-ring (bicyclic) bond motifs is 5. The van der Waals surface area contributed by atoms with Gasteiger partial charge in [-0.3, -0.25) is 9.69 Å². The largest absolute Gasteiger partial charge is 0.469 e. The Labute approximate surface area is 194 Å². The molecule has 0 bridgehead atoms. The van der Waals surface area contributed by atoms with Gasteiger partial charge in [-0.2, -0.15) is 5.26 Å². The molecule has 0 N–H and O–H groups in total. The second kappa shape index (κ2) is 8.68. The van der Waals surface area contributed by atoms with Crippen LogP contribution in [0.3, 0.4) is 0 Å². The predicted molar refractivity (Wildman–Crippen MR) is 125 cm³/mol. The van der Waals surface area contributed by atoms with Gasteiger partial charge in [0.2, 0.25) is 0 Å². The van der Waals surface area contributed by atoms with Crippen molar-refractivity contribution in [1.82, 2.24) is 9.47 Å². The Bertz CT molecular complexity index is 1160. The minimum atomic E-state index is -0.642. The highest BCUT2D eigenvalue weighted by molar-refractivity contribution is 5.94. The number of carbonyl (C=O) groups is 2. The monoisotopic (exact) mass is 449 g/mol. The van der Waals surface area contributed by atoms with Gasteiger partial charge in [0.25, 0.3) is 0 Å².